The number of nitrogens with zero attached hydrogens (tertiary/aromatic N) is 3. The molecule has 0 aliphatic heterocycles. The predicted molar refractivity (Wildman–Crippen MR) is 76.7 cm³/mol. The Labute approximate surface area is 117 Å². The van der Waals surface area contributed by atoms with Gasteiger partial charge in [0.25, 0.3) is 0 Å². The first-order valence-corrected chi connectivity index (χ1v) is 6.32. The number of allylic oxidation sites excluding steroid dienone is 2. The van der Waals surface area contributed by atoms with Crippen LogP contribution in [0.4, 0.5) is 0 Å². The molecule has 0 aliphatic rings. The summed E-state index contributed by atoms with van der Waals surface area (Å²) in [5, 5.41) is 14.2. The van der Waals surface area contributed by atoms with Crippen LogP contribution in [0.5, 0.6) is 0 Å². The number of aryl methyl sites for hydroxylation is 1. The first-order valence-electron chi connectivity index (χ1n) is 6.32. The molecule has 0 saturated heterocycles. The Kier molecular flexibility index (Phi) is 3.70. The molecule has 0 radical (unpaired) electrons. The number of rotatable bonds is 3. The van der Waals surface area contributed by atoms with Crippen LogP contribution in [0.25, 0.3) is 11.4 Å². The molecule has 1 N–H and O–H groups in total. The summed E-state index contributed by atoms with van der Waals surface area (Å²) in [6.45, 7) is 6.61. The predicted octanol–water partition coefficient (Wildman–Crippen LogP) is 2.76. The highest BCUT2D eigenvalue weighted by Gasteiger charge is 2.21. The van der Waals surface area contributed by atoms with E-state index in [1.165, 1.54) is 13.8 Å². The van der Waals surface area contributed by atoms with E-state index in [4.69, 9.17) is 0 Å². The summed E-state index contributed by atoms with van der Waals surface area (Å²) < 4.78 is 1.68. The van der Waals surface area contributed by atoms with Gasteiger partial charge in [-0.3, -0.25) is 4.79 Å². The van der Waals surface area contributed by atoms with Crippen LogP contribution in [-0.4, -0.2) is 25.7 Å². The highest BCUT2D eigenvalue weighted by atomic mass is 16.3. The molecular formula is C15H17N3O2. The van der Waals surface area contributed by atoms with Crippen LogP contribution in [0.2, 0.25) is 0 Å². The fourth-order valence-corrected chi connectivity index (χ4v) is 2.32. The van der Waals surface area contributed by atoms with Gasteiger partial charge in [-0.05, 0) is 39.8 Å². The lowest BCUT2D eigenvalue weighted by molar-refractivity contribution is -0.111. The molecule has 2 heterocycles. The van der Waals surface area contributed by atoms with Gasteiger partial charge >= 0.3 is 0 Å². The molecule has 5 heteroatoms. The van der Waals surface area contributed by atoms with Crippen molar-refractivity contribution in [2.75, 3.05) is 0 Å². The average Bonchev–Trinajstić information content (AvgIpc) is 2.67. The van der Waals surface area contributed by atoms with E-state index in [0.717, 1.165) is 5.69 Å². The third kappa shape index (κ3) is 2.34. The van der Waals surface area contributed by atoms with Crippen LogP contribution in [0, 0.1) is 13.8 Å². The van der Waals surface area contributed by atoms with Crippen molar-refractivity contribution < 1.29 is 9.90 Å². The molecule has 2 rings (SSSR count). The third-order valence-electron chi connectivity index (χ3n) is 3.12. The highest BCUT2D eigenvalue weighted by molar-refractivity contribution is 6.20. The van der Waals surface area contributed by atoms with Gasteiger partial charge < -0.3 is 5.11 Å². The summed E-state index contributed by atoms with van der Waals surface area (Å²) >= 11 is 0. The first-order chi connectivity index (χ1) is 9.43. The van der Waals surface area contributed by atoms with Gasteiger partial charge in [-0.25, -0.2) is 9.67 Å². The summed E-state index contributed by atoms with van der Waals surface area (Å²) in [5.74, 6) is 0.499. The maximum atomic E-state index is 11.8. The van der Waals surface area contributed by atoms with Crippen molar-refractivity contribution in [3.05, 3.63) is 47.1 Å². The number of aliphatic hydroxyl groups is 1. The van der Waals surface area contributed by atoms with Gasteiger partial charge in [0.15, 0.2) is 11.6 Å². The van der Waals surface area contributed by atoms with E-state index in [1.807, 2.05) is 32.0 Å². The fourth-order valence-electron chi connectivity index (χ4n) is 2.32. The van der Waals surface area contributed by atoms with Gasteiger partial charge in [-0.2, -0.15) is 5.10 Å². The quantitative estimate of drug-likeness (QED) is 0.688. The van der Waals surface area contributed by atoms with Gasteiger partial charge in [-0.15, -0.1) is 0 Å². The van der Waals surface area contributed by atoms with Crippen molar-refractivity contribution >= 4 is 11.4 Å². The number of aromatic nitrogens is 3. The van der Waals surface area contributed by atoms with Crippen molar-refractivity contribution in [1.82, 2.24) is 14.8 Å². The lowest BCUT2D eigenvalue weighted by Gasteiger charge is -2.07. The van der Waals surface area contributed by atoms with Gasteiger partial charge in [0, 0.05) is 11.8 Å². The Morgan fingerprint density at radius 3 is 2.45 bits per heavy atom. The Hall–Kier alpha value is -2.43. The smallest absolute Gasteiger partial charge is 0.163 e. The second-order valence-corrected chi connectivity index (χ2v) is 4.66. The van der Waals surface area contributed by atoms with Gasteiger partial charge in [0.1, 0.15) is 5.76 Å². The van der Waals surface area contributed by atoms with Crippen molar-refractivity contribution in [1.29, 1.82) is 0 Å². The van der Waals surface area contributed by atoms with Crippen LogP contribution < -0.4 is 0 Å². The number of pyridine rings is 1. The zero-order chi connectivity index (χ0) is 14.9. The first kappa shape index (κ1) is 14.0. The normalized spacial score (nSPS) is 12.2. The second kappa shape index (κ2) is 5.28. The monoisotopic (exact) mass is 271 g/mol. The number of carbonyl (C=O) groups excluding carboxylic acids is 1. The molecule has 0 spiro atoms. The zero-order valence-corrected chi connectivity index (χ0v) is 12.0. The molecule has 104 valence electrons. The van der Waals surface area contributed by atoms with Crippen LogP contribution in [0.1, 0.15) is 30.8 Å². The lowest BCUT2D eigenvalue weighted by atomic mass is 9.99. The lowest BCUT2D eigenvalue weighted by Crippen LogP contribution is -2.04. The Balaban J connectivity index is 2.67. The van der Waals surface area contributed by atoms with E-state index in [9.17, 15) is 9.90 Å². The maximum absolute atomic E-state index is 11.8. The number of hydrogen-bond acceptors (Lipinski definition) is 4. The van der Waals surface area contributed by atoms with Crippen LogP contribution in [0.15, 0.2) is 30.2 Å². The van der Waals surface area contributed by atoms with Gasteiger partial charge in [-0.1, -0.05) is 6.07 Å². The SMILES string of the molecule is CC(=O)/C(=C(\C)O)c1c(C)nn(-c2ccccn2)c1C. The van der Waals surface area contributed by atoms with E-state index >= 15 is 0 Å². The van der Waals surface area contributed by atoms with Crippen molar-refractivity contribution in [2.24, 2.45) is 0 Å². The van der Waals surface area contributed by atoms with Crippen LogP contribution >= 0.6 is 0 Å². The molecule has 20 heavy (non-hydrogen) atoms. The summed E-state index contributed by atoms with van der Waals surface area (Å²) in [6, 6.07) is 5.54. The Morgan fingerprint density at radius 2 is 1.95 bits per heavy atom. The average molecular weight is 271 g/mol. The van der Waals surface area contributed by atoms with Gasteiger partial charge in [0.2, 0.25) is 0 Å². The minimum atomic E-state index is -0.184. The minimum absolute atomic E-state index is 0.00395. The number of hydrogen-bond donors (Lipinski definition) is 1. The van der Waals surface area contributed by atoms with E-state index in [0.29, 0.717) is 22.6 Å². The van der Waals surface area contributed by atoms with E-state index in [-0.39, 0.29) is 11.5 Å². The Morgan fingerprint density at radius 1 is 1.25 bits per heavy atom. The van der Waals surface area contributed by atoms with Crippen molar-refractivity contribution in [2.45, 2.75) is 27.7 Å². The van der Waals surface area contributed by atoms with E-state index in [2.05, 4.69) is 10.1 Å². The number of carbonyl (C=O) groups is 1. The molecule has 2 aromatic rings. The summed E-state index contributed by atoms with van der Waals surface area (Å²) in [5.41, 5.74) is 2.44. The van der Waals surface area contributed by atoms with Crippen LogP contribution in [-0.2, 0) is 4.79 Å². The molecule has 0 amide bonds. The maximum Gasteiger partial charge on any atom is 0.163 e. The van der Waals surface area contributed by atoms with Crippen molar-refractivity contribution in [3.63, 3.8) is 0 Å². The summed E-state index contributed by atoms with van der Waals surface area (Å²) in [6.07, 6.45) is 1.68. The van der Waals surface area contributed by atoms with Crippen LogP contribution in [0.3, 0.4) is 0 Å². The molecule has 0 fully saturated rings. The standard InChI is InChI=1S/C15H17N3O2/c1-9-14(15(11(3)19)12(4)20)10(2)18(17-9)13-7-5-6-8-16-13/h5-8,19H,1-4H3/b15-11-. The molecule has 0 atom stereocenters. The molecule has 0 bridgehead atoms. The number of Topliss-reactive ketones (excluding diaryl/α,β-unsaturated/α-hetero) is 1. The Bertz CT molecular complexity index is 681. The minimum Gasteiger partial charge on any atom is -0.512 e. The molecule has 2 aromatic heterocycles. The highest BCUT2D eigenvalue weighted by Crippen LogP contribution is 2.27. The molecule has 0 unspecified atom stereocenters. The van der Waals surface area contributed by atoms with E-state index in [1.54, 1.807) is 10.9 Å². The fraction of sp³-hybridized carbons (Fsp3) is 0.267. The van der Waals surface area contributed by atoms with E-state index < -0.39 is 0 Å². The molecule has 5 nitrogen and oxygen atoms in total. The molecule has 0 aromatic carbocycles. The summed E-state index contributed by atoms with van der Waals surface area (Å²) in [4.78, 5) is 16.0. The third-order valence-corrected chi connectivity index (χ3v) is 3.12. The molecular weight excluding hydrogens is 254 g/mol. The van der Waals surface area contributed by atoms with Crippen molar-refractivity contribution in [3.8, 4) is 5.82 Å². The largest absolute Gasteiger partial charge is 0.512 e. The molecule has 0 aliphatic carbocycles. The molecule has 0 saturated carbocycles. The zero-order valence-electron chi connectivity index (χ0n) is 12.0. The summed E-state index contributed by atoms with van der Waals surface area (Å²) in [7, 11) is 0. The van der Waals surface area contributed by atoms with Gasteiger partial charge in [0.05, 0.1) is 17.0 Å². The second-order valence-electron chi connectivity index (χ2n) is 4.66. The topological polar surface area (TPSA) is 68.0 Å². The number of aliphatic hydroxyl groups excluding tert-OH is 1. The number of ketones is 1.